The van der Waals surface area contributed by atoms with Gasteiger partial charge in [0.25, 0.3) is 0 Å². The minimum absolute atomic E-state index is 0.0195. The maximum atomic E-state index is 12.7. The molecule has 0 saturated heterocycles. The number of hydrogen-bond donors (Lipinski definition) is 0. The van der Waals surface area contributed by atoms with Gasteiger partial charge in [-0.25, -0.2) is 19.3 Å². The largest absolute Gasteiger partial charge is 0.491 e. The zero-order chi connectivity index (χ0) is 23.2. The second-order valence-electron chi connectivity index (χ2n) is 7.84. The fraction of sp³-hybridized carbons (Fsp3) is 0.375. The zero-order valence-electron chi connectivity index (χ0n) is 18.8. The molecule has 3 aromatic rings. The van der Waals surface area contributed by atoms with Crippen molar-refractivity contribution in [1.82, 2.24) is 19.9 Å². The molecular formula is C24H26FN5O3. The van der Waals surface area contributed by atoms with Crippen LogP contribution in [0.5, 0.6) is 11.6 Å². The molecule has 4 rings (SSSR count). The highest BCUT2D eigenvalue weighted by Crippen LogP contribution is 2.31. The number of nitrogens with zero attached hydrogens (tertiary/aromatic N) is 5. The molecule has 0 spiro atoms. The van der Waals surface area contributed by atoms with Crippen molar-refractivity contribution < 1.29 is 18.7 Å². The molecule has 0 fully saturated rings. The second kappa shape index (κ2) is 10.3. The summed E-state index contributed by atoms with van der Waals surface area (Å²) in [6.45, 7) is -0.376. The van der Waals surface area contributed by atoms with Gasteiger partial charge in [0.1, 0.15) is 30.5 Å². The molecule has 33 heavy (non-hydrogen) atoms. The molecule has 172 valence electrons. The Morgan fingerprint density at radius 3 is 2.82 bits per heavy atom. The van der Waals surface area contributed by atoms with Crippen LogP contribution in [0.3, 0.4) is 0 Å². The molecule has 8 nitrogen and oxygen atoms in total. The highest BCUT2D eigenvalue weighted by Gasteiger charge is 2.23. The number of likely N-dealkylation sites (N-methyl/N-ethyl adjacent to an activating group) is 1. The van der Waals surface area contributed by atoms with E-state index in [1.807, 2.05) is 18.0 Å². The molecule has 1 aliphatic rings. The van der Waals surface area contributed by atoms with E-state index in [-0.39, 0.29) is 25.4 Å². The summed E-state index contributed by atoms with van der Waals surface area (Å²) in [4.78, 5) is 32.6. The number of halogens is 1. The fourth-order valence-electron chi connectivity index (χ4n) is 3.88. The Bertz CT molecular complexity index is 1120. The van der Waals surface area contributed by atoms with Crippen molar-refractivity contribution in [2.75, 3.05) is 38.9 Å². The molecule has 0 radical (unpaired) electrons. The predicted molar refractivity (Wildman–Crippen MR) is 122 cm³/mol. The molecule has 3 aromatic heterocycles. The average molecular weight is 452 g/mol. The maximum absolute atomic E-state index is 12.7. The van der Waals surface area contributed by atoms with E-state index in [4.69, 9.17) is 19.4 Å². The first-order valence-corrected chi connectivity index (χ1v) is 10.8. The first kappa shape index (κ1) is 22.6. The van der Waals surface area contributed by atoms with Gasteiger partial charge >= 0.3 is 0 Å². The van der Waals surface area contributed by atoms with Gasteiger partial charge in [-0.2, -0.15) is 0 Å². The minimum Gasteiger partial charge on any atom is -0.491 e. The minimum atomic E-state index is -0.567. The van der Waals surface area contributed by atoms with Crippen LogP contribution in [0.25, 0.3) is 11.5 Å². The number of pyridine rings is 2. The summed E-state index contributed by atoms with van der Waals surface area (Å²) in [5, 5.41) is 0. The number of rotatable bonds is 10. The van der Waals surface area contributed by atoms with Gasteiger partial charge in [0.15, 0.2) is 11.6 Å². The number of ether oxygens (including phenoxy) is 2. The van der Waals surface area contributed by atoms with E-state index in [9.17, 15) is 9.18 Å². The van der Waals surface area contributed by atoms with Crippen molar-refractivity contribution in [1.29, 1.82) is 0 Å². The Hall–Kier alpha value is -3.62. The number of carbonyl (C=O) groups excluding carboxylic acids is 1. The Balaban J connectivity index is 1.54. The fourth-order valence-corrected chi connectivity index (χ4v) is 3.88. The smallest absolute Gasteiger partial charge is 0.212 e. The molecule has 0 saturated carbocycles. The second-order valence-corrected chi connectivity index (χ2v) is 7.84. The number of Topliss-reactive ketones (excluding diaryl/α,β-unsaturated/α-hetero) is 1. The lowest BCUT2D eigenvalue weighted by atomic mass is 10.1. The van der Waals surface area contributed by atoms with E-state index in [1.54, 1.807) is 37.7 Å². The molecular weight excluding hydrogens is 425 g/mol. The lowest BCUT2D eigenvalue weighted by Gasteiger charge is -2.21. The summed E-state index contributed by atoms with van der Waals surface area (Å²) < 4.78 is 22.9. The lowest BCUT2D eigenvalue weighted by Crippen LogP contribution is -2.28. The van der Waals surface area contributed by atoms with Crippen LogP contribution in [0.4, 0.5) is 10.2 Å². The van der Waals surface area contributed by atoms with Gasteiger partial charge in [-0.15, -0.1) is 0 Å². The van der Waals surface area contributed by atoms with Crippen molar-refractivity contribution >= 4 is 11.6 Å². The number of hydrogen-bond acceptors (Lipinski definition) is 8. The standard InChI is InChI=1S/C24H26FN5O3/c1-30(15-17(31)12-16-6-7-22(32-2)27-14-16)24-19-4-3-5-20(19)28-23(29-24)21-13-18(8-10-26-21)33-11-9-25/h6-8,10,13-14H,3-5,9,11-12,15H2,1-2H3. The van der Waals surface area contributed by atoms with Crippen LogP contribution < -0.4 is 14.4 Å². The topological polar surface area (TPSA) is 90.3 Å². The third kappa shape index (κ3) is 5.42. The summed E-state index contributed by atoms with van der Waals surface area (Å²) >= 11 is 0. The highest BCUT2D eigenvalue weighted by atomic mass is 19.1. The van der Waals surface area contributed by atoms with E-state index in [2.05, 4.69) is 9.97 Å². The van der Waals surface area contributed by atoms with Crippen LogP contribution >= 0.6 is 0 Å². The van der Waals surface area contributed by atoms with Crippen LogP contribution in [-0.4, -0.2) is 59.7 Å². The van der Waals surface area contributed by atoms with Crippen molar-refractivity contribution in [3.8, 4) is 23.1 Å². The third-order valence-corrected chi connectivity index (χ3v) is 5.40. The molecule has 0 aliphatic heterocycles. The summed E-state index contributed by atoms with van der Waals surface area (Å²) in [5.41, 5.74) is 3.43. The third-order valence-electron chi connectivity index (χ3n) is 5.40. The molecule has 0 N–H and O–H groups in total. The SMILES string of the molecule is COc1ccc(CC(=O)CN(C)c2nc(-c3cc(OCCF)ccn3)nc3c2CCC3)cn1. The average Bonchev–Trinajstić information content (AvgIpc) is 3.31. The van der Waals surface area contributed by atoms with Gasteiger partial charge in [0.2, 0.25) is 5.88 Å². The highest BCUT2D eigenvalue weighted by molar-refractivity contribution is 5.85. The van der Waals surface area contributed by atoms with E-state index >= 15 is 0 Å². The normalized spacial score (nSPS) is 12.3. The Morgan fingerprint density at radius 1 is 1.18 bits per heavy atom. The number of alkyl halides is 1. The Morgan fingerprint density at radius 2 is 2.06 bits per heavy atom. The number of methoxy groups -OCH3 is 1. The van der Waals surface area contributed by atoms with Crippen LogP contribution in [0, 0.1) is 0 Å². The molecule has 9 heteroatoms. The van der Waals surface area contributed by atoms with Gasteiger partial charge in [0, 0.05) is 49.3 Å². The van der Waals surface area contributed by atoms with Gasteiger partial charge in [-0.1, -0.05) is 6.07 Å². The van der Waals surface area contributed by atoms with Crippen molar-refractivity contribution in [2.24, 2.45) is 0 Å². The van der Waals surface area contributed by atoms with E-state index in [0.717, 1.165) is 41.9 Å². The molecule has 1 aliphatic carbocycles. The monoisotopic (exact) mass is 451 g/mol. The number of fused-ring (bicyclic) bond motifs is 1. The van der Waals surface area contributed by atoms with Gasteiger partial charge in [0.05, 0.1) is 13.7 Å². The first-order valence-electron chi connectivity index (χ1n) is 10.8. The summed E-state index contributed by atoms with van der Waals surface area (Å²) in [7, 11) is 3.42. The van der Waals surface area contributed by atoms with Crippen molar-refractivity contribution in [3.05, 3.63) is 53.5 Å². The van der Waals surface area contributed by atoms with Gasteiger partial charge in [-0.3, -0.25) is 9.78 Å². The predicted octanol–water partition coefficient (Wildman–Crippen LogP) is 3.03. The number of anilines is 1. The van der Waals surface area contributed by atoms with Gasteiger partial charge in [-0.05, 0) is 30.9 Å². The number of ketones is 1. The zero-order valence-corrected chi connectivity index (χ0v) is 18.8. The van der Waals surface area contributed by atoms with E-state index < -0.39 is 6.67 Å². The van der Waals surface area contributed by atoms with Crippen LogP contribution in [0.2, 0.25) is 0 Å². The van der Waals surface area contributed by atoms with E-state index in [1.165, 1.54) is 0 Å². The Labute approximate surface area is 191 Å². The molecule has 0 aromatic carbocycles. The van der Waals surface area contributed by atoms with Crippen LogP contribution in [0.1, 0.15) is 23.2 Å². The Kier molecular flexibility index (Phi) is 7.07. The molecule has 0 amide bonds. The summed E-state index contributed by atoms with van der Waals surface area (Å²) in [5.74, 6) is 2.29. The maximum Gasteiger partial charge on any atom is 0.212 e. The van der Waals surface area contributed by atoms with Crippen LogP contribution in [0.15, 0.2) is 36.7 Å². The lowest BCUT2D eigenvalue weighted by molar-refractivity contribution is -0.117. The number of aryl methyl sites for hydroxylation is 1. The molecule has 0 atom stereocenters. The van der Waals surface area contributed by atoms with E-state index in [0.29, 0.717) is 23.1 Å². The molecule has 3 heterocycles. The quantitative estimate of drug-likeness (QED) is 0.465. The number of aromatic nitrogens is 4. The molecule has 0 unspecified atom stereocenters. The van der Waals surface area contributed by atoms with Crippen LogP contribution in [-0.2, 0) is 24.1 Å². The van der Waals surface area contributed by atoms with Gasteiger partial charge < -0.3 is 14.4 Å². The van der Waals surface area contributed by atoms with Crippen molar-refractivity contribution in [3.63, 3.8) is 0 Å². The molecule has 0 bridgehead atoms. The summed E-state index contributed by atoms with van der Waals surface area (Å²) in [6, 6.07) is 6.96. The summed E-state index contributed by atoms with van der Waals surface area (Å²) in [6.07, 6.45) is 6.24. The first-order chi connectivity index (χ1) is 16.1. The number of carbonyl (C=O) groups is 1. The van der Waals surface area contributed by atoms with Crippen molar-refractivity contribution in [2.45, 2.75) is 25.7 Å².